The zero-order chi connectivity index (χ0) is 19.4. The standard InChI is InChI=1S/C21H26FN3O2/c1-24(2)11-15-8-16(14-26)13-25(12-15)21(27)18-6-7-20(23-10-18)17-4-3-5-19(22)9-17/h3-7,9-10,15-16,26H,8,11-14H2,1-2H3/t15-,16+/m0/s1. The molecule has 0 saturated carbocycles. The van der Waals surface area contributed by atoms with Crippen molar-refractivity contribution >= 4 is 5.91 Å². The molecule has 2 aromatic rings. The molecule has 1 fully saturated rings. The monoisotopic (exact) mass is 371 g/mol. The first-order valence-electron chi connectivity index (χ1n) is 9.23. The van der Waals surface area contributed by atoms with Gasteiger partial charge in [-0.05, 0) is 56.6 Å². The van der Waals surface area contributed by atoms with Crippen molar-refractivity contribution in [1.29, 1.82) is 0 Å². The Morgan fingerprint density at radius 3 is 2.67 bits per heavy atom. The minimum absolute atomic E-state index is 0.0739. The van der Waals surface area contributed by atoms with Crippen LogP contribution in [0.15, 0.2) is 42.6 Å². The van der Waals surface area contributed by atoms with Crippen molar-refractivity contribution < 1.29 is 14.3 Å². The van der Waals surface area contributed by atoms with Gasteiger partial charge in [-0.2, -0.15) is 0 Å². The number of piperidine rings is 1. The molecule has 144 valence electrons. The summed E-state index contributed by atoms with van der Waals surface area (Å²) in [6.07, 6.45) is 2.47. The number of halogens is 1. The van der Waals surface area contributed by atoms with Gasteiger partial charge in [0.1, 0.15) is 5.82 Å². The molecule has 0 unspecified atom stereocenters. The van der Waals surface area contributed by atoms with E-state index in [1.54, 1.807) is 30.5 Å². The van der Waals surface area contributed by atoms with E-state index in [1.807, 2.05) is 19.0 Å². The van der Waals surface area contributed by atoms with Gasteiger partial charge in [-0.15, -0.1) is 0 Å². The third kappa shape index (κ3) is 4.90. The molecule has 0 spiro atoms. The lowest BCUT2D eigenvalue weighted by Crippen LogP contribution is -2.47. The summed E-state index contributed by atoms with van der Waals surface area (Å²) in [6.45, 7) is 2.21. The SMILES string of the molecule is CN(C)C[C@@H]1C[C@@H](CO)CN(C(=O)c2ccc(-c3cccc(F)c3)nc2)C1. The predicted molar refractivity (Wildman–Crippen MR) is 103 cm³/mol. The molecule has 1 aromatic carbocycles. The quantitative estimate of drug-likeness (QED) is 0.878. The number of carbonyl (C=O) groups is 1. The molecule has 0 bridgehead atoms. The van der Waals surface area contributed by atoms with Gasteiger partial charge >= 0.3 is 0 Å². The molecular weight excluding hydrogens is 345 g/mol. The topological polar surface area (TPSA) is 56.7 Å². The molecular formula is C21H26FN3O2. The number of aliphatic hydroxyl groups excluding tert-OH is 1. The Morgan fingerprint density at radius 2 is 2.04 bits per heavy atom. The molecule has 1 aliphatic rings. The predicted octanol–water partition coefficient (Wildman–Crippen LogP) is 2.52. The molecule has 0 aliphatic carbocycles. The Hall–Kier alpha value is -2.31. The second-order valence-electron chi connectivity index (χ2n) is 7.57. The lowest BCUT2D eigenvalue weighted by molar-refractivity contribution is 0.0477. The number of rotatable bonds is 5. The Labute approximate surface area is 159 Å². The summed E-state index contributed by atoms with van der Waals surface area (Å²) in [4.78, 5) is 21.2. The highest BCUT2D eigenvalue weighted by Crippen LogP contribution is 2.24. The zero-order valence-corrected chi connectivity index (χ0v) is 15.8. The van der Waals surface area contributed by atoms with Gasteiger partial charge in [-0.3, -0.25) is 9.78 Å². The van der Waals surface area contributed by atoms with Gasteiger partial charge in [0.15, 0.2) is 0 Å². The van der Waals surface area contributed by atoms with Gasteiger partial charge in [-0.25, -0.2) is 4.39 Å². The maximum Gasteiger partial charge on any atom is 0.255 e. The number of amides is 1. The third-order valence-corrected chi connectivity index (χ3v) is 4.92. The molecule has 5 nitrogen and oxygen atoms in total. The van der Waals surface area contributed by atoms with Crippen LogP contribution in [0.3, 0.4) is 0 Å². The fraction of sp³-hybridized carbons (Fsp3) is 0.429. The highest BCUT2D eigenvalue weighted by molar-refractivity contribution is 5.94. The van der Waals surface area contributed by atoms with Gasteiger partial charge in [0.25, 0.3) is 5.91 Å². The van der Waals surface area contributed by atoms with Crippen LogP contribution in [0.5, 0.6) is 0 Å². The smallest absolute Gasteiger partial charge is 0.255 e. The van der Waals surface area contributed by atoms with Gasteiger partial charge in [0.05, 0.1) is 11.3 Å². The van der Waals surface area contributed by atoms with Crippen LogP contribution in [0.2, 0.25) is 0 Å². The fourth-order valence-corrected chi connectivity index (χ4v) is 3.79. The van der Waals surface area contributed by atoms with Crippen LogP contribution in [-0.2, 0) is 0 Å². The second-order valence-corrected chi connectivity index (χ2v) is 7.57. The summed E-state index contributed by atoms with van der Waals surface area (Å²) >= 11 is 0. The molecule has 2 heterocycles. The third-order valence-electron chi connectivity index (χ3n) is 4.92. The molecule has 6 heteroatoms. The molecule has 3 rings (SSSR count). The lowest BCUT2D eigenvalue weighted by Gasteiger charge is -2.38. The molecule has 1 aromatic heterocycles. The molecule has 1 saturated heterocycles. The van der Waals surface area contributed by atoms with Gasteiger partial charge in [-0.1, -0.05) is 12.1 Å². The van der Waals surface area contributed by atoms with Crippen molar-refractivity contribution in [3.8, 4) is 11.3 Å². The van der Waals surface area contributed by atoms with Gasteiger partial charge in [0.2, 0.25) is 0 Å². The van der Waals surface area contributed by atoms with Gasteiger partial charge < -0.3 is 14.9 Å². The highest BCUT2D eigenvalue weighted by atomic mass is 19.1. The van der Waals surface area contributed by atoms with E-state index in [2.05, 4.69) is 9.88 Å². The van der Waals surface area contributed by atoms with E-state index in [0.29, 0.717) is 35.8 Å². The largest absolute Gasteiger partial charge is 0.396 e. The van der Waals surface area contributed by atoms with E-state index in [0.717, 1.165) is 13.0 Å². The van der Waals surface area contributed by atoms with Crippen molar-refractivity contribution in [3.63, 3.8) is 0 Å². The van der Waals surface area contributed by atoms with E-state index in [9.17, 15) is 14.3 Å². The first kappa shape index (κ1) is 19.5. The van der Waals surface area contributed by atoms with E-state index in [1.165, 1.54) is 12.1 Å². The minimum Gasteiger partial charge on any atom is -0.396 e. The summed E-state index contributed by atoms with van der Waals surface area (Å²) in [6, 6.07) is 9.71. The fourth-order valence-electron chi connectivity index (χ4n) is 3.79. The first-order valence-corrected chi connectivity index (χ1v) is 9.23. The van der Waals surface area contributed by atoms with E-state index in [-0.39, 0.29) is 24.2 Å². The summed E-state index contributed by atoms with van der Waals surface area (Å²) < 4.78 is 13.4. The van der Waals surface area contributed by atoms with E-state index in [4.69, 9.17) is 0 Å². The molecule has 27 heavy (non-hydrogen) atoms. The lowest BCUT2D eigenvalue weighted by atomic mass is 9.89. The summed E-state index contributed by atoms with van der Waals surface area (Å²) in [5.74, 6) is 0.0569. The number of aromatic nitrogens is 1. The summed E-state index contributed by atoms with van der Waals surface area (Å²) in [7, 11) is 4.04. The average Bonchev–Trinajstić information content (AvgIpc) is 2.66. The number of hydrogen-bond donors (Lipinski definition) is 1. The van der Waals surface area contributed by atoms with Crippen molar-refractivity contribution in [2.45, 2.75) is 6.42 Å². The summed E-state index contributed by atoms with van der Waals surface area (Å²) in [5.41, 5.74) is 1.82. The Bertz CT molecular complexity index is 779. The van der Waals surface area contributed by atoms with Crippen molar-refractivity contribution in [3.05, 3.63) is 54.0 Å². The number of pyridine rings is 1. The second kappa shape index (κ2) is 8.59. The van der Waals surface area contributed by atoms with E-state index >= 15 is 0 Å². The molecule has 1 N–H and O–H groups in total. The van der Waals surface area contributed by atoms with Crippen molar-refractivity contribution in [1.82, 2.24) is 14.8 Å². The van der Waals surface area contributed by atoms with Crippen LogP contribution in [0.4, 0.5) is 4.39 Å². The molecule has 1 aliphatic heterocycles. The van der Waals surface area contributed by atoms with Crippen LogP contribution in [-0.4, -0.2) is 66.1 Å². The number of hydrogen-bond acceptors (Lipinski definition) is 4. The van der Waals surface area contributed by atoms with Crippen LogP contribution in [0.25, 0.3) is 11.3 Å². The van der Waals surface area contributed by atoms with Crippen LogP contribution in [0.1, 0.15) is 16.8 Å². The minimum atomic E-state index is -0.315. The van der Waals surface area contributed by atoms with Crippen LogP contribution >= 0.6 is 0 Å². The van der Waals surface area contributed by atoms with Crippen LogP contribution in [0, 0.1) is 17.7 Å². The average molecular weight is 371 g/mol. The first-order chi connectivity index (χ1) is 13.0. The Morgan fingerprint density at radius 1 is 1.26 bits per heavy atom. The normalized spacial score (nSPS) is 20.1. The maximum absolute atomic E-state index is 13.4. The van der Waals surface area contributed by atoms with Gasteiger partial charge in [0, 0.05) is 38.0 Å². The highest BCUT2D eigenvalue weighted by Gasteiger charge is 2.30. The van der Waals surface area contributed by atoms with Crippen molar-refractivity contribution in [2.24, 2.45) is 11.8 Å². The molecule has 1 amide bonds. The Balaban J connectivity index is 1.74. The van der Waals surface area contributed by atoms with E-state index < -0.39 is 0 Å². The number of benzene rings is 1. The zero-order valence-electron chi connectivity index (χ0n) is 15.8. The number of likely N-dealkylation sites (tertiary alicyclic amines) is 1. The van der Waals surface area contributed by atoms with Crippen LogP contribution < -0.4 is 0 Å². The number of nitrogens with zero attached hydrogens (tertiary/aromatic N) is 3. The molecule has 0 radical (unpaired) electrons. The molecule has 2 atom stereocenters. The van der Waals surface area contributed by atoms with Crippen molar-refractivity contribution in [2.75, 3.05) is 40.3 Å². The Kier molecular flexibility index (Phi) is 6.19. The number of aliphatic hydroxyl groups is 1. The summed E-state index contributed by atoms with van der Waals surface area (Å²) in [5, 5.41) is 9.60. The number of carbonyl (C=O) groups excluding carboxylic acids is 1. The maximum atomic E-state index is 13.4.